The Morgan fingerprint density at radius 3 is 2.33 bits per heavy atom. The van der Waals surface area contributed by atoms with Crippen LogP contribution in [-0.4, -0.2) is 16.7 Å². The van der Waals surface area contributed by atoms with Crippen molar-refractivity contribution in [3.8, 4) is 0 Å². The molecule has 1 atom stereocenters. The molecule has 0 rings (SSSR count). The molecule has 0 aliphatic heterocycles. The van der Waals surface area contributed by atoms with E-state index in [0.717, 1.165) is 12.8 Å². The van der Waals surface area contributed by atoms with Gasteiger partial charge in [-0.3, -0.25) is 5.26 Å². The maximum absolute atomic E-state index is 8.33. The third-order valence-corrected chi connectivity index (χ3v) is 1.85. The molecule has 2 nitrogen and oxygen atoms in total. The molecule has 0 bridgehead atoms. The van der Waals surface area contributed by atoms with Gasteiger partial charge in [0.15, 0.2) is 0 Å². The van der Waals surface area contributed by atoms with E-state index < -0.39 is 5.60 Å². The Bertz CT molecular complexity index is 71.5. The van der Waals surface area contributed by atoms with Gasteiger partial charge in [0, 0.05) is 0 Å². The quantitative estimate of drug-likeness (QED) is 0.381. The first-order valence-corrected chi connectivity index (χ1v) is 3.60. The van der Waals surface area contributed by atoms with Gasteiger partial charge in [0.05, 0.1) is 5.88 Å². The molecule has 0 fully saturated rings. The van der Waals surface area contributed by atoms with Gasteiger partial charge in [-0.15, -0.1) is 11.6 Å². The lowest BCUT2D eigenvalue weighted by molar-refractivity contribution is -0.312. The van der Waals surface area contributed by atoms with E-state index in [9.17, 15) is 0 Å². The summed E-state index contributed by atoms with van der Waals surface area (Å²) in [6.45, 7) is 3.80. The lowest BCUT2D eigenvalue weighted by Crippen LogP contribution is -2.29. The molecular formula is C6H13ClO2. The van der Waals surface area contributed by atoms with Crippen LogP contribution in [0.5, 0.6) is 0 Å². The second kappa shape index (κ2) is 4.09. The van der Waals surface area contributed by atoms with Crippen LogP contribution >= 0.6 is 11.6 Å². The van der Waals surface area contributed by atoms with Crippen LogP contribution in [0, 0.1) is 0 Å². The summed E-state index contributed by atoms with van der Waals surface area (Å²) in [6, 6.07) is 0. The summed E-state index contributed by atoms with van der Waals surface area (Å²) in [5.41, 5.74) is -0.545. The van der Waals surface area contributed by atoms with Crippen molar-refractivity contribution in [2.24, 2.45) is 0 Å². The molecule has 0 spiro atoms. The number of hydrogen-bond acceptors (Lipinski definition) is 2. The maximum atomic E-state index is 8.33. The molecule has 0 aromatic rings. The molecule has 1 N–H and O–H groups in total. The van der Waals surface area contributed by atoms with Crippen LogP contribution in [0.4, 0.5) is 0 Å². The van der Waals surface area contributed by atoms with Crippen molar-refractivity contribution in [2.45, 2.75) is 32.3 Å². The van der Waals surface area contributed by atoms with Crippen molar-refractivity contribution in [1.82, 2.24) is 0 Å². The van der Waals surface area contributed by atoms with Crippen LogP contribution in [0.15, 0.2) is 0 Å². The topological polar surface area (TPSA) is 29.5 Å². The highest BCUT2D eigenvalue weighted by Gasteiger charge is 2.22. The fourth-order valence-electron chi connectivity index (χ4n) is 0.666. The van der Waals surface area contributed by atoms with E-state index in [1.165, 1.54) is 0 Å². The highest BCUT2D eigenvalue weighted by atomic mass is 35.5. The lowest BCUT2D eigenvalue weighted by atomic mass is 10.0. The van der Waals surface area contributed by atoms with Crippen LogP contribution in [0.1, 0.15) is 26.7 Å². The zero-order valence-electron chi connectivity index (χ0n) is 5.85. The van der Waals surface area contributed by atoms with Gasteiger partial charge in [0.25, 0.3) is 0 Å². The minimum absolute atomic E-state index is 0.331. The number of halogens is 1. The standard InChI is InChI=1S/C6H13ClO2/c1-3-4-6(2,5-7)9-8/h8H,3-5H2,1-2H3. The van der Waals surface area contributed by atoms with Gasteiger partial charge in [-0.25, -0.2) is 4.89 Å². The van der Waals surface area contributed by atoms with Crippen LogP contribution in [0.25, 0.3) is 0 Å². The van der Waals surface area contributed by atoms with Crippen molar-refractivity contribution < 1.29 is 10.1 Å². The van der Waals surface area contributed by atoms with E-state index >= 15 is 0 Å². The van der Waals surface area contributed by atoms with Gasteiger partial charge in [0.1, 0.15) is 5.60 Å². The Labute approximate surface area is 60.7 Å². The minimum Gasteiger partial charge on any atom is -0.251 e. The molecule has 0 aromatic heterocycles. The molecule has 0 amide bonds. The summed E-state index contributed by atoms with van der Waals surface area (Å²) >= 11 is 5.50. The Balaban J connectivity index is 3.62. The maximum Gasteiger partial charge on any atom is 0.114 e. The molecule has 3 heteroatoms. The molecule has 0 saturated heterocycles. The van der Waals surface area contributed by atoms with Crippen molar-refractivity contribution in [2.75, 3.05) is 5.88 Å². The second-order valence-electron chi connectivity index (χ2n) is 2.42. The molecule has 0 aliphatic rings. The number of rotatable bonds is 4. The first-order valence-electron chi connectivity index (χ1n) is 3.07. The minimum atomic E-state index is -0.545. The normalized spacial score (nSPS) is 17.3. The first-order chi connectivity index (χ1) is 4.18. The van der Waals surface area contributed by atoms with Crippen molar-refractivity contribution >= 4 is 11.6 Å². The predicted molar refractivity (Wildman–Crippen MR) is 37.7 cm³/mol. The Morgan fingerprint density at radius 1 is 1.67 bits per heavy atom. The third-order valence-electron chi connectivity index (χ3n) is 1.28. The fourth-order valence-corrected chi connectivity index (χ4v) is 0.848. The summed E-state index contributed by atoms with van der Waals surface area (Å²) < 4.78 is 0. The largest absolute Gasteiger partial charge is 0.251 e. The first kappa shape index (κ1) is 9.21. The third kappa shape index (κ3) is 3.04. The molecule has 0 heterocycles. The Hall–Kier alpha value is 0.210. The van der Waals surface area contributed by atoms with E-state index in [0.29, 0.717) is 5.88 Å². The SMILES string of the molecule is CCCC(C)(CCl)OO. The molecule has 9 heavy (non-hydrogen) atoms. The average Bonchev–Trinajstić information content (AvgIpc) is 1.89. The van der Waals surface area contributed by atoms with E-state index in [-0.39, 0.29) is 0 Å². The summed E-state index contributed by atoms with van der Waals surface area (Å²) in [5, 5.41) is 8.33. The number of hydrogen-bond donors (Lipinski definition) is 1. The van der Waals surface area contributed by atoms with Gasteiger partial charge in [-0.05, 0) is 13.3 Å². The summed E-state index contributed by atoms with van der Waals surface area (Å²) in [5.74, 6) is 0.331. The van der Waals surface area contributed by atoms with Crippen LogP contribution in [0.3, 0.4) is 0 Å². The Kier molecular flexibility index (Phi) is 4.19. The zero-order chi connectivity index (χ0) is 7.33. The van der Waals surface area contributed by atoms with Crippen molar-refractivity contribution in [1.29, 1.82) is 0 Å². The number of alkyl halides is 1. The summed E-state index contributed by atoms with van der Waals surface area (Å²) in [4.78, 5) is 4.20. The van der Waals surface area contributed by atoms with Crippen LogP contribution in [0.2, 0.25) is 0 Å². The van der Waals surface area contributed by atoms with E-state index in [1.807, 2.05) is 6.92 Å². The molecule has 0 aliphatic carbocycles. The van der Waals surface area contributed by atoms with Crippen molar-refractivity contribution in [3.05, 3.63) is 0 Å². The lowest BCUT2D eigenvalue weighted by Gasteiger charge is -2.21. The molecular weight excluding hydrogens is 140 g/mol. The summed E-state index contributed by atoms with van der Waals surface area (Å²) in [7, 11) is 0. The molecule has 0 aromatic carbocycles. The highest BCUT2D eigenvalue weighted by molar-refractivity contribution is 6.18. The second-order valence-corrected chi connectivity index (χ2v) is 2.69. The highest BCUT2D eigenvalue weighted by Crippen LogP contribution is 2.17. The van der Waals surface area contributed by atoms with Gasteiger partial charge in [-0.2, -0.15) is 0 Å². The van der Waals surface area contributed by atoms with Crippen molar-refractivity contribution in [3.63, 3.8) is 0 Å². The Morgan fingerprint density at radius 2 is 2.22 bits per heavy atom. The van der Waals surface area contributed by atoms with Gasteiger partial charge in [0.2, 0.25) is 0 Å². The molecule has 1 unspecified atom stereocenters. The summed E-state index contributed by atoms with van der Waals surface area (Å²) in [6.07, 6.45) is 1.75. The molecule has 0 radical (unpaired) electrons. The van der Waals surface area contributed by atoms with E-state index in [2.05, 4.69) is 4.89 Å². The predicted octanol–water partition coefficient (Wildman–Crippen LogP) is 2.27. The zero-order valence-corrected chi connectivity index (χ0v) is 6.61. The fraction of sp³-hybridized carbons (Fsp3) is 1.00. The van der Waals surface area contributed by atoms with Gasteiger partial charge >= 0.3 is 0 Å². The average molecular weight is 153 g/mol. The van der Waals surface area contributed by atoms with E-state index in [4.69, 9.17) is 16.9 Å². The van der Waals surface area contributed by atoms with Gasteiger partial charge in [-0.1, -0.05) is 13.3 Å². The van der Waals surface area contributed by atoms with Crippen LogP contribution in [-0.2, 0) is 4.89 Å². The van der Waals surface area contributed by atoms with Gasteiger partial charge < -0.3 is 0 Å². The molecule has 0 saturated carbocycles. The van der Waals surface area contributed by atoms with Crippen LogP contribution < -0.4 is 0 Å². The monoisotopic (exact) mass is 152 g/mol. The van der Waals surface area contributed by atoms with E-state index in [1.54, 1.807) is 6.92 Å². The smallest absolute Gasteiger partial charge is 0.114 e. The molecule has 56 valence electrons.